The molecule has 0 amide bonds. The third-order valence-corrected chi connectivity index (χ3v) is 7.80. The third kappa shape index (κ3) is 3.36. The Kier molecular flexibility index (Phi) is 4.62. The highest BCUT2D eigenvalue weighted by atomic mass is 19.1. The molecule has 9 heteroatoms. The number of imidazole rings is 1. The minimum Gasteiger partial charge on any atom is -0.347 e. The first kappa shape index (κ1) is 20.3. The van der Waals surface area contributed by atoms with Crippen LogP contribution >= 0.6 is 0 Å². The molecule has 1 aliphatic heterocycles. The highest BCUT2D eigenvalue weighted by Crippen LogP contribution is 2.38. The summed E-state index contributed by atoms with van der Waals surface area (Å²) in [6, 6.07) is 6.93. The number of halogens is 1. The van der Waals surface area contributed by atoms with Gasteiger partial charge in [0.25, 0.3) is 0 Å². The summed E-state index contributed by atoms with van der Waals surface area (Å²) in [7, 11) is 0. The van der Waals surface area contributed by atoms with Crippen molar-refractivity contribution in [3.63, 3.8) is 0 Å². The zero-order valence-corrected chi connectivity index (χ0v) is 19.4. The lowest BCUT2D eigenvalue weighted by molar-refractivity contribution is 0.0552. The summed E-state index contributed by atoms with van der Waals surface area (Å²) < 4.78 is 19.0. The second-order valence-electron chi connectivity index (χ2n) is 10.1. The van der Waals surface area contributed by atoms with Crippen LogP contribution in [0, 0.1) is 6.92 Å². The molecule has 4 aromatic heterocycles. The van der Waals surface area contributed by atoms with Gasteiger partial charge in [-0.15, -0.1) is 5.10 Å². The summed E-state index contributed by atoms with van der Waals surface area (Å²) >= 11 is 0. The molecule has 2 unspecified atom stereocenters. The van der Waals surface area contributed by atoms with Gasteiger partial charge in [0.1, 0.15) is 17.5 Å². The number of aromatic nitrogens is 6. The lowest BCUT2D eigenvalue weighted by atomic mass is 9.89. The van der Waals surface area contributed by atoms with E-state index in [9.17, 15) is 4.39 Å². The largest absolute Gasteiger partial charge is 0.347 e. The summed E-state index contributed by atoms with van der Waals surface area (Å²) in [5, 5.41) is 7.87. The van der Waals surface area contributed by atoms with Crippen molar-refractivity contribution in [2.45, 2.75) is 69.7 Å². The van der Waals surface area contributed by atoms with Crippen LogP contribution in [0.3, 0.4) is 0 Å². The van der Waals surface area contributed by atoms with Gasteiger partial charge in [-0.05, 0) is 57.2 Å². The molecule has 1 N–H and O–H groups in total. The maximum Gasteiger partial charge on any atom is 0.241 e. The summed E-state index contributed by atoms with van der Waals surface area (Å²) in [4.78, 5) is 16.5. The number of pyridine rings is 1. The normalized spacial score (nSPS) is 24.1. The summed E-state index contributed by atoms with van der Waals surface area (Å²) in [5.41, 5.74) is 4.62. The monoisotopic (exact) mass is 460 g/mol. The predicted molar refractivity (Wildman–Crippen MR) is 129 cm³/mol. The van der Waals surface area contributed by atoms with Crippen LogP contribution in [0.2, 0.25) is 0 Å². The molecule has 2 aliphatic carbocycles. The maximum absolute atomic E-state index is 14.9. The Bertz CT molecular complexity index is 1370. The lowest BCUT2D eigenvalue weighted by Crippen LogP contribution is -2.53. The van der Waals surface area contributed by atoms with E-state index < -0.39 is 6.17 Å². The van der Waals surface area contributed by atoms with Crippen LogP contribution in [-0.2, 0) is 0 Å². The van der Waals surface area contributed by atoms with Gasteiger partial charge in [-0.3, -0.25) is 4.90 Å². The minimum absolute atomic E-state index is 0.251. The Morgan fingerprint density at radius 1 is 1.03 bits per heavy atom. The molecule has 2 saturated carbocycles. The van der Waals surface area contributed by atoms with E-state index in [4.69, 9.17) is 4.98 Å². The molecular formula is C25H29FN8. The average molecular weight is 461 g/mol. The Balaban J connectivity index is 1.13. The summed E-state index contributed by atoms with van der Waals surface area (Å²) in [5.74, 6) is 1.48. The van der Waals surface area contributed by atoms with Crippen molar-refractivity contribution in [1.29, 1.82) is 0 Å². The molecule has 4 aromatic rings. The van der Waals surface area contributed by atoms with Gasteiger partial charge >= 0.3 is 0 Å². The van der Waals surface area contributed by atoms with Crippen LogP contribution in [-0.4, -0.2) is 65.4 Å². The zero-order valence-electron chi connectivity index (χ0n) is 19.4. The Hall–Kier alpha value is -3.07. The van der Waals surface area contributed by atoms with Gasteiger partial charge in [0.15, 0.2) is 5.65 Å². The number of nitrogens with one attached hydrogen (secondary N) is 1. The molecule has 3 fully saturated rings. The SMILES string of the molecule is Cc1nc2ccc(-c3ccn4nc(NC5CCN(C6CCC6)CC5F)ncc34)nc2n1C1CC1. The molecule has 7 rings (SSSR count). The van der Waals surface area contributed by atoms with Crippen molar-refractivity contribution in [2.24, 2.45) is 0 Å². The van der Waals surface area contributed by atoms with Crippen LogP contribution in [0.4, 0.5) is 10.3 Å². The zero-order chi connectivity index (χ0) is 22.8. The number of piperidine rings is 1. The lowest BCUT2D eigenvalue weighted by Gasteiger charge is -2.43. The molecule has 0 spiro atoms. The molecule has 0 radical (unpaired) electrons. The molecule has 3 aliphatic rings. The fraction of sp³-hybridized carbons (Fsp3) is 0.520. The first-order chi connectivity index (χ1) is 16.6. The average Bonchev–Trinajstić information content (AvgIpc) is 3.44. The second kappa shape index (κ2) is 7.73. The van der Waals surface area contributed by atoms with Crippen molar-refractivity contribution in [2.75, 3.05) is 18.4 Å². The van der Waals surface area contributed by atoms with E-state index in [-0.39, 0.29) is 6.04 Å². The number of hydrogen-bond acceptors (Lipinski definition) is 6. The molecule has 8 nitrogen and oxygen atoms in total. The van der Waals surface area contributed by atoms with Crippen molar-refractivity contribution in [1.82, 2.24) is 34.0 Å². The topological polar surface area (TPSA) is 76.2 Å². The Morgan fingerprint density at radius 3 is 2.68 bits per heavy atom. The van der Waals surface area contributed by atoms with E-state index in [1.807, 2.05) is 24.4 Å². The quantitative estimate of drug-likeness (QED) is 0.482. The van der Waals surface area contributed by atoms with Gasteiger partial charge in [-0.2, -0.15) is 0 Å². The Labute approximate surface area is 197 Å². The van der Waals surface area contributed by atoms with Crippen LogP contribution in [0.25, 0.3) is 27.9 Å². The Morgan fingerprint density at radius 2 is 1.91 bits per heavy atom. The molecule has 5 heterocycles. The number of rotatable bonds is 5. The summed E-state index contributed by atoms with van der Waals surface area (Å²) in [6.07, 6.45) is 9.66. The van der Waals surface area contributed by atoms with E-state index >= 15 is 0 Å². The van der Waals surface area contributed by atoms with Gasteiger partial charge in [0.2, 0.25) is 5.95 Å². The van der Waals surface area contributed by atoms with Gasteiger partial charge < -0.3 is 9.88 Å². The van der Waals surface area contributed by atoms with Gasteiger partial charge in [-0.25, -0.2) is 23.9 Å². The van der Waals surface area contributed by atoms with Gasteiger partial charge in [-0.1, -0.05) is 6.42 Å². The summed E-state index contributed by atoms with van der Waals surface area (Å²) in [6.45, 7) is 3.49. The fourth-order valence-electron chi connectivity index (χ4n) is 5.53. The molecule has 2 atom stereocenters. The molecule has 176 valence electrons. The molecular weight excluding hydrogens is 431 g/mol. The maximum atomic E-state index is 14.9. The number of anilines is 1. The number of fused-ring (bicyclic) bond motifs is 2. The van der Waals surface area contributed by atoms with Crippen LogP contribution in [0.1, 0.15) is 50.4 Å². The van der Waals surface area contributed by atoms with Gasteiger partial charge in [0, 0.05) is 36.9 Å². The minimum atomic E-state index is -0.912. The standard InChI is InChI=1S/C25H29FN8/c1-15-28-22-8-7-20(29-24(22)34(15)17-5-6-17)18-9-12-33-23(18)13-27-25(31-33)30-21-10-11-32(14-19(21)26)16-3-2-4-16/h7-9,12-13,16-17,19,21H,2-6,10-11,14H2,1H3,(H,30,31). The number of aryl methyl sites for hydroxylation is 1. The first-order valence-electron chi connectivity index (χ1n) is 12.5. The van der Waals surface area contributed by atoms with Crippen LogP contribution in [0.15, 0.2) is 30.6 Å². The van der Waals surface area contributed by atoms with Crippen LogP contribution < -0.4 is 5.32 Å². The van der Waals surface area contributed by atoms with Gasteiger partial charge in [0.05, 0.1) is 23.4 Å². The van der Waals surface area contributed by atoms with Crippen molar-refractivity contribution < 1.29 is 4.39 Å². The first-order valence-corrected chi connectivity index (χ1v) is 12.5. The van der Waals surface area contributed by atoms with E-state index in [1.54, 1.807) is 10.7 Å². The van der Waals surface area contributed by atoms with Crippen molar-refractivity contribution >= 4 is 22.6 Å². The smallest absolute Gasteiger partial charge is 0.241 e. The molecule has 34 heavy (non-hydrogen) atoms. The number of nitrogens with zero attached hydrogens (tertiary/aromatic N) is 7. The predicted octanol–water partition coefficient (Wildman–Crippen LogP) is 4.16. The number of likely N-dealkylation sites (tertiary alicyclic amines) is 1. The fourth-order valence-corrected chi connectivity index (χ4v) is 5.53. The van der Waals surface area contributed by atoms with E-state index in [2.05, 4.69) is 36.8 Å². The van der Waals surface area contributed by atoms with Crippen LogP contribution in [0.5, 0.6) is 0 Å². The second-order valence-corrected chi connectivity index (χ2v) is 10.1. The van der Waals surface area contributed by atoms with Crippen molar-refractivity contribution in [3.8, 4) is 11.3 Å². The van der Waals surface area contributed by atoms with E-state index in [0.29, 0.717) is 24.6 Å². The molecule has 0 aromatic carbocycles. The van der Waals surface area contributed by atoms with Crippen molar-refractivity contribution in [3.05, 3.63) is 36.4 Å². The highest BCUT2D eigenvalue weighted by molar-refractivity contribution is 5.82. The molecule has 1 saturated heterocycles. The number of alkyl halides is 1. The number of hydrogen-bond donors (Lipinski definition) is 1. The highest BCUT2D eigenvalue weighted by Gasteiger charge is 2.35. The third-order valence-electron chi connectivity index (χ3n) is 7.80. The molecule has 0 bridgehead atoms. The van der Waals surface area contributed by atoms with E-state index in [1.165, 1.54) is 32.1 Å². The van der Waals surface area contributed by atoms with E-state index in [0.717, 1.165) is 46.7 Å².